The average Bonchev–Trinajstić information content (AvgIpc) is 2.68. The Morgan fingerprint density at radius 3 is 2.38 bits per heavy atom. The van der Waals surface area contributed by atoms with Gasteiger partial charge in [0, 0.05) is 18.3 Å². The van der Waals surface area contributed by atoms with Gasteiger partial charge in [0.25, 0.3) is 0 Å². The molecule has 1 aliphatic rings. The molecule has 0 spiro atoms. The standard InChI is InChI=1S/C15H24N2O3S/c1-11(2)17-21(18,19)14-7-5-13(6-8-14)16-15(4)9-10-20-12(15)3/h5-8,11-12,16-17H,9-10H2,1-4H3. The second kappa shape index (κ2) is 5.94. The van der Waals surface area contributed by atoms with Crippen molar-refractivity contribution in [3.63, 3.8) is 0 Å². The van der Waals surface area contributed by atoms with E-state index in [9.17, 15) is 8.42 Å². The van der Waals surface area contributed by atoms with Gasteiger partial charge in [0.1, 0.15) is 0 Å². The summed E-state index contributed by atoms with van der Waals surface area (Å²) in [7, 11) is -3.43. The predicted molar refractivity (Wildman–Crippen MR) is 84.0 cm³/mol. The highest BCUT2D eigenvalue weighted by molar-refractivity contribution is 7.89. The molecule has 118 valence electrons. The Labute approximate surface area is 127 Å². The zero-order valence-electron chi connectivity index (χ0n) is 13.0. The first-order chi connectivity index (χ1) is 9.73. The number of anilines is 1. The molecule has 21 heavy (non-hydrogen) atoms. The Morgan fingerprint density at radius 2 is 1.90 bits per heavy atom. The predicted octanol–water partition coefficient (Wildman–Crippen LogP) is 2.35. The molecule has 1 aromatic rings. The SMILES string of the molecule is CC(C)NS(=O)(=O)c1ccc(NC2(C)CCOC2C)cc1. The maximum atomic E-state index is 12.1. The lowest BCUT2D eigenvalue weighted by Gasteiger charge is -2.30. The van der Waals surface area contributed by atoms with Crippen LogP contribution in [0, 0.1) is 0 Å². The molecule has 1 saturated heterocycles. The third-order valence-electron chi connectivity index (χ3n) is 3.87. The van der Waals surface area contributed by atoms with Gasteiger partial charge >= 0.3 is 0 Å². The van der Waals surface area contributed by atoms with Crippen molar-refractivity contribution in [2.45, 2.75) is 56.7 Å². The number of nitrogens with one attached hydrogen (secondary N) is 2. The van der Waals surface area contributed by atoms with E-state index in [2.05, 4.69) is 17.0 Å². The van der Waals surface area contributed by atoms with E-state index in [1.54, 1.807) is 38.1 Å². The first-order valence-corrected chi connectivity index (χ1v) is 8.73. The molecule has 1 fully saturated rings. The van der Waals surface area contributed by atoms with Crippen molar-refractivity contribution >= 4 is 15.7 Å². The van der Waals surface area contributed by atoms with Crippen molar-refractivity contribution in [3.05, 3.63) is 24.3 Å². The van der Waals surface area contributed by atoms with E-state index in [4.69, 9.17) is 4.74 Å². The lowest BCUT2D eigenvalue weighted by Crippen LogP contribution is -2.41. The van der Waals surface area contributed by atoms with Crippen LogP contribution in [0.4, 0.5) is 5.69 Å². The fourth-order valence-corrected chi connectivity index (χ4v) is 3.68. The van der Waals surface area contributed by atoms with E-state index in [-0.39, 0.29) is 22.6 Å². The summed E-state index contributed by atoms with van der Waals surface area (Å²) in [5.74, 6) is 0. The highest BCUT2D eigenvalue weighted by Crippen LogP contribution is 2.29. The molecular weight excluding hydrogens is 288 g/mol. The number of rotatable bonds is 5. The van der Waals surface area contributed by atoms with Gasteiger partial charge in [-0.3, -0.25) is 0 Å². The largest absolute Gasteiger partial charge is 0.377 e. The van der Waals surface area contributed by atoms with Crippen LogP contribution in [-0.4, -0.2) is 32.7 Å². The maximum absolute atomic E-state index is 12.1. The van der Waals surface area contributed by atoms with Crippen molar-refractivity contribution in [3.8, 4) is 0 Å². The quantitative estimate of drug-likeness (QED) is 0.876. The summed E-state index contributed by atoms with van der Waals surface area (Å²) in [4.78, 5) is 0.280. The molecule has 2 unspecified atom stereocenters. The molecule has 0 radical (unpaired) electrons. The minimum absolute atomic E-state index is 0.115. The fourth-order valence-electron chi connectivity index (χ4n) is 2.42. The van der Waals surface area contributed by atoms with Crippen LogP contribution in [0.1, 0.15) is 34.1 Å². The minimum Gasteiger partial charge on any atom is -0.377 e. The lowest BCUT2D eigenvalue weighted by atomic mass is 9.94. The van der Waals surface area contributed by atoms with Gasteiger partial charge in [0.05, 0.1) is 16.5 Å². The van der Waals surface area contributed by atoms with Crippen molar-refractivity contribution < 1.29 is 13.2 Å². The Morgan fingerprint density at radius 1 is 1.29 bits per heavy atom. The lowest BCUT2D eigenvalue weighted by molar-refractivity contribution is 0.105. The van der Waals surface area contributed by atoms with Crippen molar-refractivity contribution in [1.82, 2.24) is 4.72 Å². The second-order valence-electron chi connectivity index (χ2n) is 6.11. The number of hydrogen-bond donors (Lipinski definition) is 2. The van der Waals surface area contributed by atoms with E-state index in [1.165, 1.54) is 0 Å². The highest BCUT2D eigenvalue weighted by Gasteiger charge is 2.36. The minimum atomic E-state index is -3.43. The number of hydrogen-bond acceptors (Lipinski definition) is 4. The summed E-state index contributed by atoms with van der Waals surface area (Å²) in [5, 5.41) is 3.45. The van der Waals surface area contributed by atoms with Crippen LogP contribution in [0.15, 0.2) is 29.2 Å². The topological polar surface area (TPSA) is 67.4 Å². The van der Waals surface area contributed by atoms with Gasteiger partial charge in [-0.05, 0) is 58.4 Å². The van der Waals surface area contributed by atoms with Crippen molar-refractivity contribution in [2.75, 3.05) is 11.9 Å². The number of ether oxygens (including phenoxy) is 1. The van der Waals surface area contributed by atoms with E-state index in [0.29, 0.717) is 0 Å². The van der Waals surface area contributed by atoms with Crippen LogP contribution < -0.4 is 10.0 Å². The average molecular weight is 312 g/mol. The molecule has 2 atom stereocenters. The molecule has 0 saturated carbocycles. The zero-order valence-corrected chi connectivity index (χ0v) is 13.8. The molecular formula is C15H24N2O3S. The van der Waals surface area contributed by atoms with Crippen LogP contribution in [0.5, 0.6) is 0 Å². The van der Waals surface area contributed by atoms with Gasteiger partial charge in [-0.15, -0.1) is 0 Å². The summed E-state index contributed by atoms with van der Waals surface area (Å²) in [6.45, 7) is 8.52. The summed E-state index contributed by atoms with van der Waals surface area (Å²) >= 11 is 0. The number of sulfonamides is 1. The number of benzene rings is 1. The summed E-state index contributed by atoms with van der Waals surface area (Å²) in [6, 6.07) is 6.72. The maximum Gasteiger partial charge on any atom is 0.240 e. The van der Waals surface area contributed by atoms with Crippen LogP contribution in [0.25, 0.3) is 0 Å². The normalized spacial score (nSPS) is 26.2. The first-order valence-electron chi connectivity index (χ1n) is 7.25. The van der Waals surface area contributed by atoms with E-state index < -0.39 is 10.0 Å². The fraction of sp³-hybridized carbons (Fsp3) is 0.600. The molecule has 1 aliphatic heterocycles. The van der Waals surface area contributed by atoms with Crippen molar-refractivity contribution in [2.24, 2.45) is 0 Å². The third kappa shape index (κ3) is 3.75. The molecule has 0 amide bonds. The molecule has 1 aromatic carbocycles. The molecule has 6 heteroatoms. The van der Waals surface area contributed by atoms with Crippen LogP contribution in [0.3, 0.4) is 0 Å². The smallest absolute Gasteiger partial charge is 0.240 e. The molecule has 0 aliphatic carbocycles. The van der Waals surface area contributed by atoms with Crippen LogP contribution in [0.2, 0.25) is 0 Å². The van der Waals surface area contributed by atoms with Crippen molar-refractivity contribution in [1.29, 1.82) is 0 Å². The van der Waals surface area contributed by atoms with E-state index in [1.807, 2.05) is 6.92 Å². The summed E-state index contributed by atoms with van der Waals surface area (Å²) < 4.78 is 32.3. The van der Waals surface area contributed by atoms with Gasteiger partial charge in [-0.25, -0.2) is 13.1 Å². The summed E-state index contributed by atoms with van der Waals surface area (Å²) in [6.07, 6.45) is 1.06. The van der Waals surface area contributed by atoms with Gasteiger partial charge < -0.3 is 10.1 Å². The zero-order chi connectivity index (χ0) is 15.7. The molecule has 0 bridgehead atoms. The molecule has 2 N–H and O–H groups in total. The molecule has 5 nitrogen and oxygen atoms in total. The third-order valence-corrected chi connectivity index (χ3v) is 5.55. The second-order valence-corrected chi connectivity index (χ2v) is 7.82. The first kappa shape index (κ1) is 16.3. The summed E-state index contributed by atoms with van der Waals surface area (Å²) in [5.41, 5.74) is 0.787. The van der Waals surface area contributed by atoms with E-state index >= 15 is 0 Å². The Bertz CT molecular complexity index is 583. The van der Waals surface area contributed by atoms with Crippen LogP contribution in [-0.2, 0) is 14.8 Å². The molecule has 1 heterocycles. The molecule has 0 aromatic heterocycles. The Kier molecular flexibility index (Phi) is 4.60. The van der Waals surface area contributed by atoms with Gasteiger partial charge in [0.15, 0.2) is 0 Å². The van der Waals surface area contributed by atoms with E-state index in [0.717, 1.165) is 18.7 Å². The highest BCUT2D eigenvalue weighted by atomic mass is 32.2. The monoisotopic (exact) mass is 312 g/mol. The van der Waals surface area contributed by atoms with Gasteiger partial charge in [0.2, 0.25) is 10.0 Å². The molecule has 2 rings (SSSR count). The Balaban J connectivity index is 2.13. The Hall–Kier alpha value is -1.11. The van der Waals surface area contributed by atoms with Gasteiger partial charge in [-0.1, -0.05) is 0 Å². The van der Waals surface area contributed by atoms with Crippen LogP contribution >= 0.6 is 0 Å². The van der Waals surface area contributed by atoms with Gasteiger partial charge in [-0.2, -0.15) is 0 Å².